The fourth-order valence-electron chi connectivity index (χ4n) is 2.08. The van der Waals surface area contributed by atoms with Gasteiger partial charge in [0.05, 0.1) is 26.5 Å². The second kappa shape index (κ2) is 6.28. The van der Waals surface area contributed by atoms with Crippen LogP contribution in [0.2, 0.25) is 0 Å². The van der Waals surface area contributed by atoms with Crippen molar-refractivity contribution in [1.82, 2.24) is 5.32 Å². The first-order valence-corrected chi connectivity index (χ1v) is 6.73. The Balaban J connectivity index is 2.52. The van der Waals surface area contributed by atoms with Crippen molar-refractivity contribution in [2.75, 3.05) is 21.3 Å². The fourth-order valence-corrected chi connectivity index (χ4v) is 2.55. The predicted octanol–water partition coefficient (Wildman–Crippen LogP) is 3.51. The molecule has 108 valence electrons. The molecule has 0 saturated heterocycles. The average Bonchev–Trinajstić information content (AvgIpc) is 2.87. The van der Waals surface area contributed by atoms with Gasteiger partial charge in [-0.2, -0.15) is 0 Å². The molecule has 1 heterocycles. The number of ether oxygens (including phenoxy) is 2. The summed E-state index contributed by atoms with van der Waals surface area (Å²) in [5.41, 5.74) is 1.26. The van der Waals surface area contributed by atoms with E-state index >= 15 is 0 Å². The van der Waals surface area contributed by atoms with Gasteiger partial charge in [-0.3, -0.25) is 0 Å². The summed E-state index contributed by atoms with van der Waals surface area (Å²) in [6.07, 6.45) is 1.54. The third-order valence-corrected chi connectivity index (χ3v) is 3.70. The number of furan rings is 1. The lowest BCUT2D eigenvalue weighted by atomic mass is 10.00. The van der Waals surface area contributed by atoms with Crippen molar-refractivity contribution in [2.45, 2.75) is 6.04 Å². The average molecular weight is 344 g/mol. The zero-order chi connectivity index (χ0) is 14.7. The van der Waals surface area contributed by atoms with Crippen molar-refractivity contribution < 1.29 is 18.3 Å². The van der Waals surface area contributed by atoms with E-state index in [9.17, 15) is 4.39 Å². The van der Waals surface area contributed by atoms with Crippen LogP contribution in [0.1, 0.15) is 17.2 Å². The van der Waals surface area contributed by atoms with E-state index in [-0.39, 0.29) is 11.9 Å². The van der Waals surface area contributed by atoms with Gasteiger partial charge in [0, 0.05) is 17.2 Å². The summed E-state index contributed by atoms with van der Waals surface area (Å²) in [7, 11) is 4.74. The monoisotopic (exact) mass is 343 g/mol. The van der Waals surface area contributed by atoms with Crippen LogP contribution in [-0.4, -0.2) is 21.3 Å². The van der Waals surface area contributed by atoms with Crippen LogP contribution >= 0.6 is 15.9 Å². The SMILES string of the molecule is CNC(c1cc(OC)c(OC)cc1F)c1ccoc1Br. The van der Waals surface area contributed by atoms with Gasteiger partial charge in [0.15, 0.2) is 16.2 Å². The van der Waals surface area contributed by atoms with Crippen molar-refractivity contribution >= 4 is 15.9 Å². The highest BCUT2D eigenvalue weighted by molar-refractivity contribution is 9.10. The van der Waals surface area contributed by atoms with Gasteiger partial charge in [0.1, 0.15) is 5.82 Å². The molecule has 0 spiro atoms. The van der Waals surface area contributed by atoms with Gasteiger partial charge in [-0.25, -0.2) is 4.39 Å². The molecule has 4 nitrogen and oxygen atoms in total. The summed E-state index contributed by atoms with van der Waals surface area (Å²) >= 11 is 3.31. The molecule has 1 aromatic heterocycles. The number of rotatable bonds is 5. The molecule has 6 heteroatoms. The van der Waals surface area contributed by atoms with E-state index in [0.29, 0.717) is 21.7 Å². The molecular weight excluding hydrogens is 329 g/mol. The molecular formula is C14H15BrFNO3. The molecule has 0 saturated carbocycles. The maximum atomic E-state index is 14.3. The topological polar surface area (TPSA) is 43.6 Å². The summed E-state index contributed by atoms with van der Waals surface area (Å²) in [4.78, 5) is 0. The van der Waals surface area contributed by atoms with Gasteiger partial charge in [-0.15, -0.1) is 0 Å². The van der Waals surface area contributed by atoms with Gasteiger partial charge < -0.3 is 19.2 Å². The van der Waals surface area contributed by atoms with E-state index in [2.05, 4.69) is 21.2 Å². The molecule has 1 unspecified atom stereocenters. The minimum absolute atomic E-state index is 0.356. The standard InChI is InChI=1S/C14H15BrFNO3/c1-17-13(8-4-5-20-14(8)15)9-6-11(18-2)12(19-3)7-10(9)16/h4-7,13,17H,1-3H3. The molecule has 0 aliphatic rings. The third-order valence-electron chi connectivity index (χ3n) is 3.06. The Morgan fingerprint density at radius 2 is 1.85 bits per heavy atom. The van der Waals surface area contributed by atoms with E-state index in [0.717, 1.165) is 5.56 Å². The number of methoxy groups -OCH3 is 2. The maximum Gasteiger partial charge on any atom is 0.174 e. The predicted molar refractivity (Wildman–Crippen MR) is 76.8 cm³/mol. The number of hydrogen-bond acceptors (Lipinski definition) is 4. The Kier molecular flexibility index (Phi) is 4.67. The Morgan fingerprint density at radius 3 is 2.35 bits per heavy atom. The van der Waals surface area contributed by atoms with Crippen LogP contribution in [0.3, 0.4) is 0 Å². The molecule has 1 atom stereocenters. The van der Waals surface area contributed by atoms with Crippen LogP contribution in [0, 0.1) is 5.82 Å². The Labute approximate surface area is 125 Å². The largest absolute Gasteiger partial charge is 0.493 e. The Bertz CT molecular complexity index is 600. The lowest BCUT2D eigenvalue weighted by Gasteiger charge is -2.18. The van der Waals surface area contributed by atoms with Crippen LogP contribution < -0.4 is 14.8 Å². The van der Waals surface area contributed by atoms with Crippen molar-refractivity contribution in [2.24, 2.45) is 0 Å². The molecule has 2 rings (SSSR count). The summed E-state index contributed by atoms with van der Waals surface area (Å²) in [5.74, 6) is 0.453. The smallest absolute Gasteiger partial charge is 0.174 e. The molecule has 0 amide bonds. The highest BCUT2D eigenvalue weighted by atomic mass is 79.9. The van der Waals surface area contributed by atoms with Crippen LogP contribution in [0.5, 0.6) is 11.5 Å². The highest BCUT2D eigenvalue weighted by Gasteiger charge is 2.22. The highest BCUT2D eigenvalue weighted by Crippen LogP contribution is 2.36. The molecule has 1 aromatic carbocycles. The van der Waals surface area contributed by atoms with Gasteiger partial charge in [0.25, 0.3) is 0 Å². The molecule has 0 radical (unpaired) electrons. The molecule has 20 heavy (non-hydrogen) atoms. The summed E-state index contributed by atoms with van der Waals surface area (Å²) in [6, 6.07) is 4.35. The van der Waals surface area contributed by atoms with Crippen LogP contribution in [-0.2, 0) is 0 Å². The lowest BCUT2D eigenvalue weighted by molar-refractivity contribution is 0.351. The van der Waals surface area contributed by atoms with Crippen LogP contribution in [0.15, 0.2) is 33.5 Å². The Morgan fingerprint density at radius 1 is 1.20 bits per heavy atom. The molecule has 0 aliphatic carbocycles. The van der Waals surface area contributed by atoms with Crippen LogP contribution in [0.4, 0.5) is 4.39 Å². The molecule has 0 bridgehead atoms. The first kappa shape index (κ1) is 14.9. The van der Waals surface area contributed by atoms with Gasteiger partial charge >= 0.3 is 0 Å². The first-order valence-electron chi connectivity index (χ1n) is 5.94. The molecule has 0 aliphatic heterocycles. The fraction of sp³-hybridized carbons (Fsp3) is 0.286. The zero-order valence-corrected chi connectivity index (χ0v) is 13.0. The van der Waals surface area contributed by atoms with Gasteiger partial charge in [0.2, 0.25) is 0 Å². The minimum atomic E-state index is -0.380. The van der Waals surface area contributed by atoms with E-state index < -0.39 is 0 Å². The van der Waals surface area contributed by atoms with Crippen molar-refractivity contribution in [1.29, 1.82) is 0 Å². The minimum Gasteiger partial charge on any atom is -0.493 e. The zero-order valence-electron chi connectivity index (χ0n) is 11.4. The normalized spacial score (nSPS) is 12.2. The number of nitrogens with one attached hydrogen (secondary N) is 1. The van der Waals surface area contributed by atoms with Crippen molar-refractivity contribution in [3.63, 3.8) is 0 Å². The quantitative estimate of drug-likeness (QED) is 0.902. The third kappa shape index (κ3) is 2.66. The number of benzene rings is 1. The maximum absolute atomic E-state index is 14.3. The molecule has 1 N–H and O–H groups in total. The van der Waals surface area contributed by atoms with Gasteiger partial charge in [-0.1, -0.05) is 0 Å². The second-order valence-electron chi connectivity index (χ2n) is 4.10. The van der Waals surface area contributed by atoms with E-state index in [4.69, 9.17) is 13.9 Å². The summed E-state index contributed by atoms with van der Waals surface area (Å²) in [5, 5.41) is 3.06. The lowest BCUT2D eigenvalue weighted by Crippen LogP contribution is -2.19. The number of halogens is 2. The van der Waals surface area contributed by atoms with Crippen molar-refractivity contribution in [3.8, 4) is 11.5 Å². The molecule has 0 fully saturated rings. The first-order chi connectivity index (χ1) is 9.62. The Hall–Kier alpha value is -1.53. The van der Waals surface area contributed by atoms with E-state index in [1.54, 1.807) is 25.4 Å². The van der Waals surface area contributed by atoms with Crippen molar-refractivity contribution in [3.05, 3.63) is 46.1 Å². The van der Waals surface area contributed by atoms with Gasteiger partial charge in [-0.05, 0) is 35.1 Å². The van der Waals surface area contributed by atoms with E-state index in [1.807, 2.05) is 0 Å². The van der Waals surface area contributed by atoms with E-state index in [1.165, 1.54) is 20.3 Å². The summed E-state index contributed by atoms with van der Waals surface area (Å²) in [6.45, 7) is 0. The summed E-state index contributed by atoms with van der Waals surface area (Å²) < 4.78 is 30.4. The number of hydrogen-bond donors (Lipinski definition) is 1. The van der Waals surface area contributed by atoms with Crippen LogP contribution in [0.25, 0.3) is 0 Å². The molecule has 2 aromatic rings. The second-order valence-corrected chi connectivity index (χ2v) is 4.82.